The zero-order chi connectivity index (χ0) is 20.8. The standard InChI is InChI=1S/C25H39NO3/c1-5-21-18(3)22(17(2)15-24(21)29-14-13-28-4)16-20-11-12-23(27)25(26-20)19-9-7-6-8-10-19/h11-12,15,19,21,23-25,27H,5-10,13-14,16H2,1-4H3. The monoisotopic (exact) mass is 401 g/mol. The van der Waals surface area contributed by atoms with Gasteiger partial charge in [0.2, 0.25) is 0 Å². The molecular weight excluding hydrogens is 362 g/mol. The van der Waals surface area contributed by atoms with E-state index in [0.717, 1.165) is 18.6 Å². The lowest BCUT2D eigenvalue weighted by Gasteiger charge is -2.34. The van der Waals surface area contributed by atoms with Crippen molar-refractivity contribution in [3.63, 3.8) is 0 Å². The Kier molecular flexibility index (Phi) is 8.28. The first-order chi connectivity index (χ1) is 14.0. The van der Waals surface area contributed by atoms with Gasteiger partial charge in [-0.15, -0.1) is 0 Å². The summed E-state index contributed by atoms with van der Waals surface area (Å²) in [7, 11) is 1.71. The van der Waals surface area contributed by atoms with Crippen molar-refractivity contribution in [1.29, 1.82) is 0 Å². The van der Waals surface area contributed by atoms with Crippen molar-refractivity contribution in [2.24, 2.45) is 16.8 Å². The third-order valence-corrected chi connectivity index (χ3v) is 7.00. The molecule has 1 aliphatic heterocycles. The highest BCUT2D eigenvalue weighted by atomic mass is 16.5. The number of rotatable bonds is 8. The summed E-state index contributed by atoms with van der Waals surface area (Å²) in [6, 6.07) is 0.0381. The normalized spacial score (nSPS) is 31.1. The van der Waals surface area contributed by atoms with Gasteiger partial charge in [0.05, 0.1) is 31.5 Å². The number of nitrogens with zero attached hydrogens (tertiary/aromatic N) is 1. The lowest BCUT2D eigenvalue weighted by atomic mass is 9.78. The molecule has 3 rings (SSSR count). The average Bonchev–Trinajstić information content (AvgIpc) is 2.73. The van der Waals surface area contributed by atoms with Crippen LogP contribution < -0.4 is 0 Å². The molecule has 1 N–H and O–H groups in total. The summed E-state index contributed by atoms with van der Waals surface area (Å²) in [4.78, 5) is 5.05. The molecule has 4 heteroatoms. The number of hydrogen-bond donors (Lipinski definition) is 1. The molecule has 2 aliphatic carbocycles. The third kappa shape index (κ3) is 5.48. The SMILES string of the molecule is CCC1C(C)=C(CC2=NC(C3CCCCC3)C(O)C=C2)C(C)=CC1OCCOC. The van der Waals surface area contributed by atoms with Crippen molar-refractivity contribution in [3.05, 3.63) is 34.9 Å². The first kappa shape index (κ1) is 22.5. The number of hydrogen-bond acceptors (Lipinski definition) is 4. The fourth-order valence-electron chi connectivity index (χ4n) is 5.27. The minimum Gasteiger partial charge on any atom is -0.387 e. The first-order valence-corrected chi connectivity index (χ1v) is 11.5. The van der Waals surface area contributed by atoms with Crippen molar-refractivity contribution >= 4 is 5.71 Å². The van der Waals surface area contributed by atoms with Crippen LogP contribution in [0.2, 0.25) is 0 Å². The molecule has 0 amide bonds. The van der Waals surface area contributed by atoms with Crippen LogP contribution in [0.1, 0.15) is 65.7 Å². The quantitative estimate of drug-likeness (QED) is 0.580. The fourth-order valence-corrected chi connectivity index (χ4v) is 5.27. The van der Waals surface area contributed by atoms with Gasteiger partial charge in [-0.25, -0.2) is 0 Å². The van der Waals surface area contributed by atoms with Gasteiger partial charge in [0, 0.05) is 25.2 Å². The van der Waals surface area contributed by atoms with Crippen LogP contribution in [0.15, 0.2) is 39.9 Å². The Balaban J connectivity index is 1.74. The highest BCUT2D eigenvalue weighted by molar-refractivity contribution is 5.98. The van der Waals surface area contributed by atoms with Crippen LogP contribution in [-0.4, -0.2) is 49.4 Å². The molecule has 1 heterocycles. The highest BCUT2D eigenvalue weighted by Crippen LogP contribution is 2.37. The molecule has 4 unspecified atom stereocenters. The van der Waals surface area contributed by atoms with E-state index in [1.807, 2.05) is 12.2 Å². The second kappa shape index (κ2) is 10.7. The first-order valence-electron chi connectivity index (χ1n) is 11.5. The molecule has 0 aromatic carbocycles. The second-order valence-corrected chi connectivity index (χ2v) is 8.89. The van der Waals surface area contributed by atoms with Crippen LogP contribution in [0, 0.1) is 11.8 Å². The van der Waals surface area contributed by atoms with Gasteiger partial charge in [0.1, 0.15) is 0 Å². The van der Waals surface area contributed by atoms with E-state index < -0.39 is 6.10 Å². The van der Waals surface area contributed by atoms with E-state index in [0.29, 0.717) is 25.0 Å². The van der Waals surface area contributed by atoms with Crippen LogP contribution >= 0.6 is 0 Å². The Morgan fingerprint density at radius 2 is 1.90 bits per heavy atom. The number of aliphatic imine (C=N–C) groups is 1. The summed E-state index contributed by atoms with van der Waals surface area (Å²) in [5.41, 5.74) is 5.23. The van der Waals surface area contributed by atoms with E-state index in [-0.39, 0.29) is 12.1 Å². The Hall–Kier alpha value is -1.23. The number of aliphatic hydroxyl groups is 1. The molecule has 4 atom stereocenters. The largest absolute Gasteiger partial charge is 0.387 e. The molecule has 29 heavy (non-hydrogen) atoms. The van der Waals surface area contributed by atoms with Gasteiger partial charge in [0.25, 0.3) is 0 Å². The van der Waals surface area contributed by atoms with Gasteiger partial charge in [-0.1, -0.05) is 43.9 Å². The number of dihydropyridines is 1. The maximum atomic E-state index is 10.5. The molecule has 1 fully saturated rings. The summed E-state index contributed by atoms with van der Waals surface area (Å²) in [5.74, 6) is 0.928. The molecule has 162 valence electrons. The molecular formula is C25H39NO3. The predicted molar refractivity (Wildman–Crippen MR) is 119 cm³/mol. The fraction of sp³-hybridized carbons (Fsp3) is 0.720. The van der Waals surface area contributed by atoms with E-state index in [1.54, 1.807) is 7.11 Å². The van der Waals surface area contributed by atoms with Gasteiger partial charge in [-0.3, -0.25) is 4.99 Å². The summed E-state index contributed by atoms with van der Waals surface area (Å²) in [6.45, 7) is 7.94. The number of ether oxygens (including phenoxy) is 2. The molecule has 0 saturated heterocycles. The molecule has 4 nitrogen and oxygen atoms in total. The van der Waals surface area contributed by atoms with E-state index in [1.165, 1.54) is 48.8 Å². The molecule has 0 aromatic heterocycles. The zero-order valence-corrected chi connectivity index (χ0v) is 18.7. The predicted octanol–water partition coefficient (Wildman–Crippen LogP) is 5.03. The van der Waals surface area contributed by atoms with Crippen LogP contribution in [0.3, 0.4) is 0 Å². The Bertz CT molecular complexity index is 670. The summed E-state index contributed by atoms with van der Waals surface area (Å²) in [6.07, 6.45) is 14.2. The number of aliphatic hydroxyl groups excluding tert-OH is 1. The summed E-state index contributed by atoms with van der Waals surface area (Å²) in [5, 5.41) is 10.5. The van der Waals surface area contributed by atoms with Gasteiger partial charge in [-0.05, 0) is 56.3 Å². The smallest absolute Gasteiger partial charge is 0.0950 e. The lowest BCUT2D eigenvalue weighted by molar-refractivity contribution is 0.0172. The van der Waals surface area contributed by atoms with Gasteiger partial charge >= 0.3 is 0 Å². The Morgan fingerprint density at radius 3 is 2.59 bits per heavy atom. The second-order valence-electron chi connectivity index (χ2n) is 8.89. The Labute approximate surface area is 176 Å². The minimum atomic E-state index is -0.429. The van der Waals surface area contributed by atoms with E-state index >= 15 is 0 Å². The minimum absolute atomic E-state index is 0.0381. The molecule has 1 saturated carbocycles. The van der Waals surface area contributed by atoms with Crippen LogP contribution in [0.25, 0.3) is 0 Å². The maximum absolute atomic E-state index is 10.5. The van der Waals surface area contributed by atoms with Crippen molar-refractivity contribution in [3.8, 4) is 0 Å². The topological polar surface area (TPSA) is 51.1 Å². The molecule has 0 bridgehead atoms. The summed E-state index contributed by atoms with van der Waals surface area (Å²) >= 11 is 0. The van der Waals surface area contributed by atoms with Crippen LogP contribution in [0.5, 0.6) is 0 Å². The molecule has 0 aromatic rings. The molecule has 0 radical (unpaired) electrons. The van der Waals surface area contributed by atoms with Gasteiger partial charge < -0.3 is 14.6 Å². The van der Waals surface area contributed by atoms with Crippen LogP contribution in [0.4, 0.5) is 0 Å². The number of methoxy groups -OCH3 is 1. The highest BCUT2D eigenvalue weighted by Gasteiger charge is 2.32. The van der Waals surface area contributed by atoms with Crippen molar-refractivity contribution in [2.75, 3.05) is 20.3 Å². The molecule has 0 spiro atoms. The Morgan fingerprint density at radius 1 is 1.14 bits per heavy atom. The van der Waals surface area contributed by atoms with Crippen molar-refractivity contribution < 1.29 is 14.6 Å². The van der Waals surface area contributed by atoms with Gasteiger partial charge in [-0.2, -0.15) is 0 Å². The zero-order valence-electron chi connectivity index (χ0n) is 18.7. The van der Waals surface area contributed by atoms with Crippen molar-refractivity contribution in [1.82, 2.24) is 0 Å². The summed E-state index contributed by atoms with van der Waals surface area (Å²) < 4.78 is 11.2. The van der Waals surface area contributed by atoms with Gasteiger partial charge in [0.15, 0.2) is 0 Å². The average molecular weight is 402 g/mol. The third-order valence-electron chi connectivity index (χ3n) is 7.00. The molecule has 3 aliphatic rings. The number of allylic oxidation sites excluding steroid dienone is 3. The maximum Gasteiger partial charge on any atom is 0.0950 e. The van der Waals surface area contributed by atoms with E-state index in [9.17, 15) is 5.11 Å². The van der Waals surface area contributed by atoms with E-state index in [2.05, 4.69) is 26.8 Å². The van der Waals surface area contributed by atoms with Crippen LogP contribution in [-0.2, 0) is 9.47 Å². The van der Waals surface area contributed by atoms with E-state index in [4.69, 9.17) is 14.5 Å². The lowest BCUT2D eigenvalue weighted by Crippen LogP contribution is -2.35. The van der Waals surface area contributed by atoms with Crippen molar-refractivity contribution in [2.45, 2.75) is 84.0 Å².